The molecule has 0 bridgehead atoms. The van der Waals surface area contributed by atoms with Crippen LogP contribution in [0, 0.1) is 141 Å². The third kappa shape index (κ3) is 34.4. The summed E-state index contributed by atoms with van der Waals surface area (Å²) in [7, 11) is 9.81. The lowest BCUT2D eigenvalue weighted by Gasteiger charge is -2.16. The Bertz CT molecular complexity index is 5510. The van der Waals surface area contributed by atoms with Gasteiger partial charge in [-0.2, -0.15) is 0 Å². The highest BCUT2D eigenvalue weighted by Crippen LogP contribution is 2.34. The topological polar surface area (TPSA) is 230 Å². The van der Waals surface area contributed by atoms with Crippen LogP contribution in [0.5, 0.6) is 34.5 Å². The maximum Gasteiger partial charge on any atom is 0.224 e. The minimum Gasteiger partial charge on any atom is -0.489 e. The van der Waals surface area contributed by atoms with Crippen LogP contribution in [-0.2, 0) is 107 Å². The molecule has 0 fully saturated rings. The van der Waals surface area contributed by atoms with Gasteiger partial charge in [-0.3, -0.25) is 28.8 Å². The number of likely N-dealkylation sites (N-methyl/N-ethyl adjacent to an activating group) is 6. The van der Waals surface area contributed by atoms with Gasteiger partial charge in [-0.05, 0) is 365 Å². The van der Waals surface area contributed by atoms with Crippen LogP contribution in [0.3, 0.4) is 0 Å². The number of benzene rings is 12. The summed E-state index contributed by atoms with van der Waals surface area (Å²) in [6.07, 6.45) is 1.91. The first kappa shape index (κ1) is 112. The number of carbonyl (C=O) groups is 6. The molecule has 12 aromatic carbocycles. The van der Waals surface area contributed by atoms with Crippen LogP contribution in [0.15, 0.2) is 193 Å². The minimum atomic E-state index is -0.354. The van der Waals surface area contributed by atoms with Gasteiger partial charge in [0.2, 0.25) is 35.4 Å². The van der Waals surface area contributed by atoms with Crippen LogP contribution in [0.25, 0.3) is 0 Å². The molecular formula is C115H136BrClFIN6O12. The number of ether oxygens (including phenoxy) is 6. The molecular weight excluding hydrogens is 1920 g/mol. The van der Waals surface area contributed by atoms with Gasteiger partial charge in [0.1, 0.15) is 80.0 Å². The van der Waals surface area contributed by atoms with Gasteiger partial charge in [0.15, 0.2) is 0 Å². The molecule has 22 heteroatoms. The molecule has 0 heterocycles. The molecule has 0 aromatic heterocycles. The number of hydrogen-bond acceptors (Lipinski definition) is 12. The third-order valence-corrected chi connectivity index (χ3v) is 26.4. The second-order valence-corrected chi connectivity index (χ2v) is 37.0. The molecule has 0 atom stereocenters. The summed E-state index contributed by atoms with van der Waals surface area (Å²) in [5.74, 6) is 4.65. The first-order chi connectivity index (χ1) is 65.1. The highest BCUT2D eigenvalue weighted by molar-refractivity contribution is 14.1. The van der Waals surface area contributed by atoms with Crippen molar-refractivity contribution in [3.05, 3.63) is 379 Å². The van der Waals surface area contributed by atoms with Gasteiger partial charge >= 0.3 is 0 Å². The molecule has 0 aliphatic carbocycles. The summed E-state index contributed by atoms with van der Waals surface area (Å²) < 4.78 is 52.2. The Kier molecular flexibility index (Phi) is 45.0. The summed E-state index contributed by atoms with van der Waals surface area (Å²) in [5, 5.41) is 16.5. The van der Waals surface area contributed by atoms with Crippen LogP contribution >= 0.6 is 50.1 Å². The maximum atomic E-state index is 14.1. The summed E-state index contributed by atoms with van der Waals surface area (Å²) in [4.78, 5) is 69.9. The average Bonchev–Trinajstić information content (AvgIpc) is 0.837. The lowest BCUT2D eigenvalue weighted by atomic mass is 9.99. The Hall–Kier alpha value is -12.3. The summed E-state index contributed by atoms with van der Waals surface area (Å²) >= 11 is 12.2. The number of nitrogens with one attached hydrogen (secondary N) is 6. The highest BCUT2D eigenvalue weighted by Gasteiger charge is 2.21. The number of halogens is 4. The fraction of sp³-hybridized carbons (Fsp3) is 0.322. The van der Waals surface area contributed by atoms with Gasteiger partial charge < -0.3 is 60.3 Å². The third-order valence-electron chi connectivity index (χ3n) is 24.3. The molecule has 6 amide bonds. The SMILES string of the molecule is CNC(=O)Cc1cccc(Br)c1COc1cc(C)c(C)cc1C.CNC(=O)Cc1cccc(C)c1COc1cc(C)c(C)cc1C.CNC(=O)Cc1cccc(Cl)c1COc1cc(C)c(C)cc1C.CNC(=O)Cc1cccc(F)c1COc1cc(C)c(C)cc1C.CNC(=O)Cc1cccc(I)c1COc1cc(C)c(C)cc1C.CNC(=O)Cc1ccccc1COc1cc(C)c(C)cc1C. The largest absolute Gasteiger partial charge is 0.489 e. The van der Waals surface area contributed by atoms with E-state index < -0.39 is 0 Å². The van der Waals surface area contributed by atoms with Gasteiger partial charge in [-0.15, -0.1) is 0 Å². The Morgan fingerprint density at radius 1 is 0.255 bits per heavy atom. The molecule has 12 aromatic rings. The smallest absolute Gasteiger partial charge is 0.224 e. The van der Waals surface area contributed by atoms with Crippen molar-refractivity contribution in [2.45, 2.75) is 210 Å². The predicted octanol–water partition coefficient (Wildman–Crippen LogP) is 23.3. The number of hydrogen-bond donors (Lipinski definition) is 6. The Morgan fingerprint density at radius 2 is 0.489 bits per heavy atom. The van der Waals surface area contributed by atoms with Crippen molar-refractivity contribution in [1.82, 2.24) is 31.9 Å². The van der Waals surface area contributed by atoms with E-state index in [0.29, 0.717) is 81.3 Å². The van der Waals surface area contributed by atoms with Gasteiger partial charge in [-0.25, -0.2) is 4.39 Å². The first-order valence-electron chi connectivity index (χ1n) is 45.8. The predicted molar refractivity (Wildman–Crippen MR) is 565 cm³/mol. The molecule has 0 radical (unpaired) electrons. The van der Waals surface area contributed by atoms with Crippen LogP contribution in [-0.4, -0.2) is 77.7 Å². The second kappa shape index (κ2) is 55.2. The van der Waals surface area contributed by atoms with E-state index in [2.05, 4.69) is 234 Å². The van der Waals surface area contributed by atoms with E-state index in [-0.39, 0.29) is 54.3 Å². The average molecular weight is 2060 g/mol. The fourth-order valence-electron chi connectivity index (χ4n) is 14.7. The Labute approximate surface area is 838 Å². The number of aryl methyl sites for hydroxylation is 19. The molecule has 0 saturated heterocycles. The minimum absolute atomic E-state index is 0.00768. The van der Waals surface area contributed by atoms with E-state index in [1.807, 2.05) is 138 Å². The lowest BCUT2D eigenvalue weighted by molar-refractivity contribution is -0.120. The molecule has 0 aliphatic heterocycles. The van der Waals surface area contributed by atoms with Crippen LogP contribution in [0.2, 0.25) is 5.02 Å². The zero-order valence-corrected chi connectivity index (χ0v) is 88.8. The van der Waals surface area contributed by atoms with Crippen molar-refractivity contribution >= 4 is 85.6 Å². The van der Waals surface area contributed by atoms with Crippen molar-refractivity contribution in [2.24, 2.45) is 0 Å². The van der Waals surface area contributed by atoms with Crippen molar-refractivity contribution in [2.75, 3.05) is 42.3 Å². The van der Waals surface area contributed by atoms with Crippen LogP contribution in [0.1, 0.15) is 172 Å². The van der Waals surface area contributed by atoms with E-state index >= 15 is 0 Å². The second-order valence-electron chi connectivity index (χ2n) is 34.5. The fourth-order valence-corrected chi connectivity index (χ4v) is 16.2. The van der Waals surface area contributed by atoms with Gasteiger partial charge in [-0.1, -0.05) is 155 Å². The van der Waals surface area contributed by atoms with E-state index in [1.165, 1.54) is 67.3 Å². The standard InChI is InChI=1S/C20H25NO2.C19H22BrNO2.C19H22ClNO2.C19H22FNO2.C19H22INO2.C19H23NO2/c1-13-7-6-8-17(11-20(22)21-5)18(13)12-23-19-10-15(3)14(2)9-16(19)4;4*1-12-8-14(3)18(9-13(12)2)23-11-16-15(10-19(22)21-4)6-5-7-17(16)20;1-13-9-15(3)18(10-14(13)2)22-12-17-8-6-5-7-16(17)11-19(21)20-4/h6-10H,11-12H2,1-5H3,(H,21,22);4*5-9H,10-11H2,1-4H3,(H,21,22);5-10H,11-12H2,1-4H3,(H,20,21). The van der Waals surface area contributed by atoms with Crippen LogP contribution in [0.4, 0.5) is 4.39 Å². The van der Waals surface area contributed by atoms with Crippen molar-refractivity contribution in [1.29, 1.82) is 0 Å². The Morgan fingerprint density at radius 3 is 0.839 bits per heavy atom. The van der Waals surface area contributed by atoms with E-state index in [1.54, 1.807) is 54.4 Å². The molecule has 726 valence electrons. The molecule has 0 saturated carbocycles. The van der Waals surface area contributed by atoms with E-state index in [0.717, 1.165) is 143 Å². The zero-order chi connectivity index (χ0) is 101. The Balaban J connectivity index is 0.000000224. The van der Waals surface area contributed by atoms with Crippen molar-refractivity contribution in [3.63, 3.8) is 0 Å². The number of rotatable bonds is 30. The molecule has 0 unspecified atom stereocenters. The first-order valence-corrected chi connectivity index (χ1v) is 48.0. The number of amides is 6. The molecule has 12 rings (SSSR count). The van der Waals surface area contributed by atoms with Crippen molar-refractivity contribution < 1.29 is 61.6 Å². The van der Waals surface area contributed by atoms with E-state index in [9.17, 15) is 33.2 Å². The van der Waals surface area contributed by atoms with Gasteiger partial charge in [0.05, 0.1) is 38.5 Å². The molecule has 6 N–H and O–H groups in total. The summed E-state index contributed by atoms with van der Waals surface area (Å²) in [5.41, 5.74) is 33.5. The molecule has 137 heavy (non-hydrogen) atoms. The summed E-state index contributed by atoms with van der Waals surface area (Å²) in [6, 6.07) is 61.2. The summed E-state index contributed by atoms with van der Waals surface area (Å²) in [6.45, 7) is 41.5. The van der Waals surface area contributed by atoms with E-state index in [4.69, 9.17) is 40.0 Å². The monoisotopic (exact) mass is 2050 g/mol. The zero-order valence-electron chi connectivity index (χ0n) is 84.3. The molecule has 0 aliphatic rings. The molecule has 18 nitrogen and oxygen atoms in total. The maximum absolute atomic E-state index is 14.1. The van der Waals surface area contributed by atoms with Gasteiger partial charge in [0.25, 0.3) is 0 Å². The lowest BCUT2D eigenvalue weighted by Crippen LogP contribution is -2.21. The highest BCUT2D eigenvalue weighted by atomic mass is 127. The van der Waals surface area contributed by atoms with Crippen LogP contribution < -0.4 is 60.3 Å². The molecule has 0 spiro atoms. The quantitative estimate of drug-likeness (QED) is 0.0231. The van der Waals surface area contributed by atoms with Crippen molar-refractivity contribution in [3.8, 4) is 34.5 Å². The van der Waals surface area contributed by atoms with Gasteiger partial charge in [0, 0.05) is 77.6 Å². The number of carbonyl (C=O) groups excluding carboxylic acids is 6. The normalized spacial score (nSPS) is 10.5.